The van der Waals surface area contributed by atoms with E-state index in [1.807, 2.05) is 13.2 Å². The lowest BCUT2D eigenvalue weighted by molar-refractivity contribution is 0.181. The standard InChI is InChI=1S/C15H26N4OS.HI/c1-4-13-9-18-14(21-13)5-7-17-15(16-2)19(3)10-12-6-8-20-11-12;/h9,12H,4-8,10-11H2,1-3H3,(H,16,17);1H. The molecule has 7 heteroatoms. The lowest BCUT2D eigenvalue weighted by Crippen LogP contribution is -2.42. The number of aryl methyl sites for hydroxylation is 1. The summed E-state index contributed by atoms with van der Waals surface area (Å²) >= 11 is 1.81. The molecule has 1 atom stereocenters. The third kappa shape index (κ3) is 6.00. The van der Waals surface area contributed by atoms with Crippen molar-refractivity contribution < 1.29 is 4.74 Å². The van der Waals surface area contributed by atoms with E-state index in [0.717, 1.165) is 51.5 Å². The highest BCUT2D eigenvalue weighted by Crippen LogP contribution is 2.14. The van der Waals surface area contributed by atoms with E-state index in [2.05, 4.69) is 34.2 Å². The van der Waals surface area contributed by atoms with Crippen LogP contribution in [0, 0.1) is 5.92 Å². The van der Waals surface area contributed by atoms with E-state index in [9.17, 15) is 0 Å². The van der Waals surface area contributed by atoms with Gasteiger partial charge >= 0.3 is 0 Å². The van der Waals surface area contributed by atoms with Gasteiger partial charge in [-0.1, -0.05) is 6.92 Å². The summed E-state index contributed by atoms with van der Waals surface area (Å²) in [5.74, 6) is 1.58. The molecule has 1 aliphatic heterocycles. The third-order valence-electron chi connectivity index (χ3n) is 3.70. The highest BCUT2D eigenvalue weighted by Gasteiger charge is 2.18. The number of nitrogens with zero attached hydrogens (tertiary/aromatic N) is 3. The summed E-state index contributed by atoms with van der Waals surface area (Å²) in [5, 5.41) is 4.62. The molecule has 126 valence electrons. The van der Waals surface area contributed by atoms with Crippen LogP contribution in [0.5, 0.6) is 0 Å². The molecule has 0 amide bonds. The SMILES string of the molecule is CCc1cnc(CCNC(=NC)N(C)CC2CCOC2)s1.I. The first kappa shape index (κ1) is 19.6. The maximum absolute atomic E-state index is 5.43. The Hall–Kier alpha value is -0.410. The van der Waals surface area contributed by atoms with E-state index in [1.165, 1.54) is 9.88 Å². The van der Waals surface area contributed by atoms with Crippen molar-refractivity contribution in [1.29, 1.82) is 0 Å². The Morgan fingerprint density at radius 2 is 2.41 bits per heavy atom. The first-order chi connectivity index (χ1) is 10.2. The van der Waals surface area contributed by atoms with Crippen LogP contribution >= 0.6 is 35.3 Å². The van der Waals surface area contributed by atoms with Gasteiger partial charge in [-0.05, 0) is 12.8 Å². The summed E-state index contributed by atoms with van der Waals surface area (Å²) in [4.78, 5) is 12.3. The molecule has 2 heterocycles. The molecule has 22 heavy (non-hydrogen) atoms. The van der Waals surface area contributed by atoms with Gasteiger partial charge in [-0.2, -0.15) is 0 Å². The molecule has 2 rings (SSSR count). The van der Waals surface area contributed by atoms with E-state index in [1.54, 1.807) is 11.3 Å². The van der Waals surface area contributed by atoms with Crippen molar-refractivity contribution in [1.82, 2.24) is 15.2 Å². The van der Waals surface area contributed by atoms with Crippen molar-refractivity contribution in [2.75, 3.05) is 40.4 Å². The molecule has 1 fully saturated rings. The predicted molar refractivity (Wildman–Crippen MR) is 104 cm³/mol. The van der Waals surface area contributed by atoms with Crippen molar-refractivity contribution in [3.8, 4) is 0 Å². The maximum Gasteiger partial charge on any atom is 0.193 e. The zero-order valence-electron chi connectivity index (χ0n) is 13.7. The Balaban J connectivity index is 0.00000242. The van der Waals surface area contributed by atoms with Crippen LogP contribution in [0.1, 0.15) is 23.2 Å². The van der Waals surface area contributed by atoms with Crippen molar-refractivity contribution in [3.63, 3.8) is 0 Å². The van der Waals surface area contributed by atoms with Crippen LogP contribution in [0.15, 0.2) is 11.2 Å². The van der Waals surface area contributed by atoms with Crippen molar-refractivity contribution in [3.05, 3.63) is 16.1 Å². The van der Waals surface area contributed by atoms with Gasteiger partial charge in [0.25, 0.3) is 0 Å². The molecule has 1 unspecified atom stereocenters. The van der Waals surface area contributed by atoms with Crippen molar-refractivity contribution in [2.24, 2.45) is 10.9 Å². The Morgan fingerprint density at radius 3 is 3.00 bits per heavy atom. The predicted octanol–water partition coefficient (Wildman–Crippen LogP) is 2.41. The van der Waals surface area contributed by atoms with Crippen LogP contribution in [-0.2, 0) is 17.6 Å². The molecule has 1 saturated heterocycles. The smallest absolute Gasteiger partial charge is 0.193 e. The highest BCUT2D eigenvalue weighted by molar-refractivity contribution is 14.0. The first-order valence-electron chi connectivity index (χ1n) is 7.66. The van der Waals surface area contributed by atoms with Crippen molar-refractivity contribution in [2.45, 2.75) is 26.2 Å². The zero-order chi connectivity index (χ0) is 15.1. The number of ether oxygens (including phenoxy) is 1. The van der Waals surface area contributed by atoms with E-state index in [-0.39, 0.29) is 24.0 Å². The molecule has 0 aliphatic carbocycles. The van der Waals surface area contributed by atoms with Gasteiger partial charge in [0.1, 0.15) is 0 Å². The summed E-state index contributed by atoms with van der Waals surface area (Å²) in [7, 11) is 3.93. The Bertz CT molecular complexity index is 460. The summed E-state index contributed by atoms with van der Waals surface area (Å²) < 4.78 is 5.43. The molecule has 0 saturated carbocycles. The second kappa shape index (κ2) is 10.4. The zero-order valence-corrected chi connectivity index (χ0v) is 16.8. The maximum atomic E-state index is 5.43. The number of aliphatic imine (C=N–C) groups is 1. The highest BCUT2D eigenvalue weighted by atomic mass is 127. The Morgan fingerprint density at radius 1 is 1.59 bits per heavy atom. The first-order valence-corrected chi connectivity index (χ1v) is 8.47. The van der Waals surface area contributed by atoms with Gasteiger partial charge in [0, 0.05) is 57.2 Å². The number of hydrogen-bond donors (Lipinski definition) is 1. The molecular formula is C15H27IN4OS. The van der Waals surface area contributed by atoms with E-state index < -0.39 is 0 Å². The molecule has 1 N–H and O–H groups in total. The number of aromatic nitrogens is 1. The quantitative estimate of drug-likeness (QED) is 0.421. The number of hydrogen-bond acceptors (Lipinski definition) is 4. The molecule has 0 aromatic carbocycles. The minimum Gasteiger partial charge on any atom is -0.381 e. The fourth-order valence-corrected chi connectivity index (χ4v) is 3.36. The molecule has 1 aromatic heterocycles. The monoisotopic (exact) mass is 438 g/mol. The lowest BCUT2D eigenvalue weighted by Gasteiger charge is -2.24. The molecule has 0 radical (unpaired) electrons. The fourth-order valence-electron chi connectivity index (χ4n) is 2.49. The molecule has 0 spiro atoms. The number of thiazole rings is 1. The Labute approximate surface area is 154 Å². The number of halogens is 1. The lowest BCUT2D eigenvalue weighted by atomic mass is 10.1. The van der Waals surface area contributed by atoms with Crippen LogP contribution in [-0.4, -0.2) is 56.2 Å². The molecule has 1 aromatic rings. The summed E-state index contributed by atoms with van der Waals surface area (Å²) in [6.45, 7) is 5.80. The van der Waals surface area contributed by atoms with Gasteiger partial charge in [0.15, 0.2) is 5.96 Å². The topological polar surface area (TPSA) is 49.8 Å². The average molecular weight is 438 g/mol. The summed E-state index contributed by atoms with van der Waals surface area (Å²) in [5.41, 5.74) is 0. The molecule has 0 bridgehead atoms. The molecular weight excluding hydrogens is 411 g/mol. The number of rotatable bonds is 6. The summed E-state index contributed by atoms with van der Waals surface area (Å²) in [6.07, 6.45) is 5.16. The van der Waals surface area contributed by atoms with Gasteiger partial charge in [-0.25, -0.2) is 4.98 Å². The van der Waals surface area contributed by atoms with Gasteiger partial charge in [0.05, 0.1) is 11.6 Å². The largest absolute Gasteiger partial charge is 0.381 e. The normalized spacial score (nSPS) is 18.1. The van der Waals surface area contributed by atoms with Crippen LogP contribution in [0.2, 0.25) is 0 Å². The van der Waals surface area contributed by atoms with Gasteiger partial charge in [-0.3, -0.25) is 4.99 Å². The minimum absolute atomic E-state index is 0. The minimum atomic E-state index is 0. The van der Waals surface area contributed by atoms with E-state index in [4.69, 9.17) is 4.74 Å². The van der Waals surface area contributed by atoms with Crippen LogP contribution in [0.4, 0.5) is 0 Å². The average Bonchev–Trinajstić information content (AvgIpc) is 3.14. The third-order valence-corrected chi connectivity index (χ3v) is 4.90. The number of guanidine groups is 1. The fraction of sp³-hybridized carbons (Fsp3) is 0.733. The van der Waals surface area contributed by atoms with Gasteiger partial charge < -0.3 is 15.0 Å². The number of nitrogens with one attached hydrogen (secondary N) is 1. The molecule has 5 nitrogen and oxygen atoms in total. The van der Waals surface area contributed by atoms with Gasteiger partial charge in [-0.15, -0.1) is 35.3 Å². The van der Waals surface area contributed by atoms with E-state index in [0.29, 0.717) is 5.92 Å². The second-order valence-electron chi connectivity index (χ2n) is 5.41. The molecule has 1 aliphatic rings. The van der Waals surface area contributed by atoms with E-state index >= 15 is 0 Å². The van der Waals surface area contributed by atoms with Crippen LogP contribution < -0.4 is 5.32 Å². The van der Waals surface area contributed by atoms with Crippen molar-refractivity contribution >= 4 is 41.3 Å². The van der Waals surface area contributed by atoms with Gasteiger partial charge in [0.2, 0.25) is 0 Å². The summed E-state index contributed by atoms with van der Waals surface area (Å²) in [6, 6.07) is 0. The van der Waals surface area contributed by atoms with Crippen LogP contribution in [0.3, 0.4) is 0 Å². The Kier molecular flexibility index (Phi) is 9.27. The second-order valence-corrected chi connectivity index (χ2v) is 6.61. The van der Waals surface area contributed by atoms with Crippen LogP contribution in [0.25, 0.3) is 0 Å².